The van der Waals surface area contributed by atoms with E-state index in [0.717, 1.165) is 16.7 Å². The third-order valence-electron chi connectivity index (χ3n) is 3.89. The van der Waals surface area contributed by atoms with E-state index in [-0.39, 0.29) is 0 Å². The number of nitrogens with zero attached hydrogens (tertiary/aromatic N) is 4. The van der Waals surface area contributed by atoms with Crippen LogP contribution in [0.25, 0.3) is 33.4 Å². The molecule has 0 spiro atoms. The molecule has 4 rings (SSSR count). The molecule has 6 nitrogen and oxygen atoms in total. The number of hydrogen-bond donors (Lipinski definition) is 2. The summed E-state index contributed by atoms with van der Waals surface area (Å²) in [6, 6.07) is 16.7. The van der Waals surface area contributed by atoms with Crippen LogP contribution in [0.2, 0.25) is 5.02 Å². The van der Waals surface area contributed by atoms with Crippen molar-refractivity contribution < 1.29 is 0 Å². The molecule has 2 aromatic carbocycles. The van der Waals surface area contributed by atoms with Gasteiger partial charge in [0.25, 0.3) is 0 Å². The van der Waals surface area contributed by atoms with Gasteiger partial charge in [-0.15, -0.1) is 10.2 Å². The Kier molecular flexibility index (Phi) is 3.56. The van der Waals surface area contributed by atoms with Gasteiger partial charge in [0.05, 0.1) is 17.0 Å². The first kappa shape index (κ1) is 15.1. The number of benzene rings is 2. The van der Waals surface area contributed by atoms with Crippen LogP contribution < -0.4 is 5.73 Å². The van der Waals surface area contributed by atoms with Crippen molar-refractivity contribution in [3.63, 3.8) is 0 Å². The molecule has 0 bridgehead atoms. The lowest BCUT2D eigenvalue weighted by molar-refractivity contribution is 1.03. The van der Waals surface area contributed by atoms with E-state index in [9.17, 15) is 5.26 Å². The predicted octanol–water partition coefficient (Wildman–Crippen LogP) is 3.79. The lowest BCUT2D eigenvalue weighted by Gasteiger charge is -2.10. The zero-order valence-corrected chi connectivity index (χ0v) is 13.6. The van der Waals surface area contributed by atoms with Gasteiger partial charge in [0.2, 0.25) is 5.65 Å². The molecule has 0 aliphatic rings. The normalized spacial score (nSPS) is 10.7. The maximum Gasteiger partial charge on any atom is 0.205 e. The molecule has 7 heteroatoms. The van der Waals surface area contributed by atoms with E-state index in [1.54, 1.807) is 18.2 Å². The molecule has 0 atom stereocenters. The molecule has 3 N–H and O–H groups in total. The van der Waals surface area contributed by atoms with Crippen LogP contribution in [0.15, 0.2) is 48.5 Å². The Morgan fingerprint density at radius 1 is 1.04 bits per heavy atom. The Balaban J connectivity index is 2.10. The molecule has 0 fully saturated rings. The van der Waals surface area contributed by atoms with Gasteiger partial charge >= 0.3 is 0 Å². The van der Waals surface area contributed by atoms with Crippen LogP contribution in [-0.2, 0) is 0 Å². The number of nitrogen functional groups attached to an aromatic ring is 1. The first-order valence-corrected chi connectivity index (χ1v) is 7.82. The number of H-pyrrole nitrogens is 1. The number of nitriles is 1. The van der Waals surface area contributed by atoms with Crippen molar-refractivity contribution in [1.29, 1.82) is 5.26 Å². The van der Waals surface area contributed by atoms with Gasteiger partial charge < -0.3 is 5.73 Å². The summed E-state index contributed by atoms with van der Waals surface area (Å²) in [5.41, 5.74) is 10.0. The maximum absolute atomic E-state index is 9.22. The van der Waals surface area contributed by atoms with E-state index < -0.39 is 0 Å². The number of rotatable bonds is 2. The minimum Gasteiger partial charge on any atom is -0.383 e. The van der Waals surface area contributed by atoms with Crippen molar-refractivity contribution in [1.82, 2.24) is 20.4 Å². The number of nitrogens with one attached hydrogen (secondary N) is 1. The van der Waals surface area contributed by atoms with Crippen molar-refractivity contribution in [2.24, 2.45) is 0 Å². The molecule has 2 aromatic heterocycles. The first-order chi connectivity index (χ1) is 12.2. The van der Waals surface area contributed by atoms with Crippen LogP contribution in [0.5, 0.6) is 0 Å². The van der Waals surface area contributed by atoms with Crippen molar-refractivity contribution in [2.75, 3.05) is 5.73 Å². The van der Waals surface area contributed by atoms with Crippen LogP contribution in [0.4, 0.5) is 5.82 Å². The third-order valence-corrected chi connectivity index (χ3v) is 4.12. The molecule has 120 valence electrons. The molecule has 0 saturated carbocycles. The standard InChI is InChI=1S/C18H11ClN6/c19-13-6-2-5-12(8-13)16-14(11-4-1-3-10(7-11)9-20)15-17(21)23-25-18(15)24-22-16/h1-8H,(H3,21,23,24,25). The fourth-order valence-corrected chi connectivity index (χ4v) is 2.98. The Bertz CT molecular complexity index is 1140. The largest absolute Gasteiger partial charge is 0.383 e. The van der Waals surface area contributed by atoms with E-state index in [1.165, 1.54) is 0 Å². The van der Waals surface area contributed by atoms with Crippen LogP contribution in [-0.4, -0.2) is 20.4 Å². The number of aromatic nitrogens is 4. The van der Waals surface area contributed by atoms with E-state index >= 15 is 0 Å². The summed E-state index contributed by atoms with van der Waals surface area (Å²) in [5, 5.41) is 25.8. The molecular formula is C18H11ClN6. The van der Waals surface area contributed by atoms with Gasteiger partial charge in [-0.25, -0.2) is 0 Å². The quantitative estimate of drug-likeness (QED) is 0.574. The SMILES string of the molecule is N#Cc1cccc(-c2c(-c3cccc(Cl)c3)nnc3n[nH]c(N)c23)c1. The number of anilines is 1. The van der Waals surface area contributed by atoms with Crippen LogP contribution in [0, 0.1) is 11.3 Å². The fraction of sp³-hybridized carbons (Fsp3) is 0. The van der Waals surface area contributed by atoms with Gasteiger partial charge in [-0.3, -0.25) is 5.10 Å². The van der Waals surface area contributed by atoms with Crippen molar-refractivity contribution >= 4 is 28.5 Å². The molecule has 0 aliphatic heterocycles. The second-order valence-corrected chi connectivity index (χ2v) is 5.90. The van der Waals surface area contributed by atoms with Gasteiger partial charge in [0, 0.05) is 16.1 Å². The van der Waals surface area contributed by atoms with E-state index in [0.29, 0.717) is 33.1 Å². The second-order valence-electron chi connectivity index (χ2n) is 5.46. The lowest BCUT2D eigenvalue weighted by Crippen LogP contribution is -1.96. The lowest BCUT2D eigenvalue weighted by atomic mass is 9.96. The Morgan fingerprint density at radius 3 is 2.64 bits per heavy atom. The number of hydrogen-bond acceptors (Lipinski definition) is 5. The fourth-order valence-electron chi connectivity index (χ4n) is 2.79. The summed E-state index contributed by atoms with van der Waals surface area (Å²) in [6.07, 6.45) is 0. The van der Waals surface area contributed by atoms with Gasteiger partial charge in [0.15, 0.2) is 0 Å². The molecule has 4 aromatic rings. The minimum absolute atomic E-state index is 0.394. The van der Waals surface area contributed by atoms with Crippen LogP contribution >= 0.6 is 11.6 Å². The molecule has 0 radical (unpaired) electrons. The molecular weight excluding hydrogens is 336 g/mol. The number of halogens is 1. The zero-order valence-electron chi connectivity index (χ0n) is 12.9. The monoisotopic (exact) mass is 346 g/mol. The van der Waals surface area contributed by atoms with Crippen molar-refractivity contribution in [3.05, 3.63) is 59.1 Å². The molecule has 0 saturated heterocycles. The number of fused-ring (bicyclic) bond motifs is 1. The summed E-state index contributed by atoms with van der Waals surface area (Å²) >= 11 is 6.13. The zero-order chi connectivity index (χ0) is 17.4. The van der Waals surface area contributed by atoms with Crippen molar-refractivity contribution in [2.45, 2.75) is 0 Å². The predicted molar refractivity (Wildman–Crippen MR) is 96.7 cm³/mol. The van der Waals surface area contributed by atoms with Crippen LogP contribution in [0.3, 0.4) is 0 Å². The highest BCUT2D eigenvalue weighted by molar-refractivity contribution is 6.30. The van der Waals surface area contributed by atoms with Crippen molar-refractivity contribution in [3.8, 4) is 28.5 Å². The average molecular weight is 347 g/mol. The van der Waals surface area contributed by atoms with E-state index in [4.69, 9.17) is 17.3 Å². The first-order valence-electron chi connectivity index (χ1n) is 7.44. The molecule has 0 amide bonds. The van der Waals surface area contributed by atoms with Gasteiger partial charge in [0.1, 0.15) is 11.5 Å². The van der Waals surface area contributed by atoms with Gasteiger partial charge in [-0.2, -0.15) is 10.4 Å². The summed E-state index contributed by atoms with van der Waals surface area (Å²) in [6.45, 7) is 0. The van der Waals surface area contributed by atoms with Gasteiger partial charge in [-0.1, -0.05) is 35.9 Å². The summed E-state index contributed by atoms with van der Waals surface area (Å²) in [5.74, 6) is 0.394. The summed E-state index contributed by atoms with van der Waals surface area (Å²) in [4.78, 5) is 0. The minimum atomic E-state index is 0.394. The summed E-state index contributed by atoms with van der Waals surface area (Å²) < 4.78 is 0. The Labute approximate surface area is 147 Å². The molecule has 2 heterocycles. The molecule has 0 unspecified atom stereocenters. The average Bonchev–Trinajstić information content (AvgIpc) is 3.02. The van der Waals surface area contributed by atoms with E-state index in [1.807, 2.05) is 30.3 Å². The third kappa shape index (κ3) is 2.57. The van der Waals surface area contributed by atoms with Gasteiger partial charge in [-0.05, 0) is 29.8 Å². The number of nitrogens with two attached hydrogens (primary N) is 1. The number of aromatic amines is 1. The topological polar surface area (TPSA) is 104 Å². The van der Waals surface area contributed by atoms with E-state index in [2.05, 4.69) is 26.5 Å². The Morgan fingerprint density at radius 2 is 1.84 bits per heavy atom. The smallest absolute Gasteiger partial charge is 0.205 e. The Hall–Kier alpha value is -3.43. The molecule has 25 heavy (non-hydrogen) atoms. The highest BCUT2D eigenvalue weighted by Gasteiger charge is 2.19. The highest BCUT2D eigenvalue weighted by Crippen LogP contribution is 2.38. The second kappa shape index (κ2) is 5.89. The highest BCUT2D eigenvalue weighted by atomic mass is 35.5. The van der Waals surface area contributed by atoms with Crippen LogP contribution in [0.1, 0.15) is 5.56 Å². The molecule has 0 aliphatic carbocycles. The summed E-state index contributed by atoms with van der Waals surface area (Å²) in [7, 11) is 0. The maximum atomic E-state index is 9.22.